The molecule has 0 radical (unpaired) electrons. The minimum absolute atomic E-state index is 0.0112. The van der Waals surface area contributed by atoms with Crippen molar-refractivity contribution in [1.29, 1.82) is 0 Å². The van der Waals surface area contributed by atoms with Crippen molar-refractivity contribution in [3.05, 3.63) is 72.4 Å². The molecule has 5 heterocycles. The molecule has 1 saturated heterocycles. The zero-order valence-corrected chi connectivity index (χ0v) is 18.9. The third kappa shape index (κ3) is 3.77. The summed E-state index contributed by atoms with van der Waals surface area (Å²) in [6.07, 6.45) is 6.82. The molecule has 1 amide bonds. The van der Waals surface area contributed by atoms with Crippen molar-refractivity contribution in [2.75, 3.05) is 18.1 Å². The number of H-pyrrole nitrogens is 1. The Hall–Kier alpha value is -4.58. The summed E-state index contributed by atoms with van der Waals surface area (Å²) in [5, 5.41) is 9.88. The van der Waals surface area contributed by atoms with Crippen molar-refractivity contribution in [3.63, 3.8) is 0 Å². The molecule has 2 aliphatic heterocycles. The van der Waals surface area contributed by atoms with Gasteiger partial charge in [0.05, 0.1) is 22.7 Å². The van der Waals surface area contributed by atoms with Gasteiger partial charge in [0.15, 0.2) is 11.6 Å². The molecule has 0 spiro atoms. The lowest BCUT2D eigenvalue weighted by atomic mass is 9.96. The highest BCUT2D eigenvalue weighted by Gasteiger charge is 2.32. The second kappa shape index (κ2) is 8.89. The molecule has 3 N–H and O–H groups in total. The Morgan fingerprint density at radius 3 is 2.67 bits per heavy atom. The highest BCUT2D eigenvalue weighted by molar-refractivity contribution is 6.45. The zero-order chi connectivity index (χ0) is 24.6. The van der Waals surface area contributed by atoms with Gasteiger partial charge in [-0.25, -0.2) is 14.4 Å². The van der Waals surface area contributed by atoms with Crippen molar-refractivity contribution < 1.29 is 18.4 Å². The molecule has 1 fully saturated rings. The van der Waals surface area contributed by atoms with E-state index in [0.29, 0.717) is 49.0 Å². The van der Waals surface area contributed by atoms with E-state index in [2.05, 4.69) is 31.1 Å². The maximum atomic E-state index is 14.7. The first-order valence-electron chi connectivity index (χ1n) is 11.4. The van der Waals surface area contributed by atoms with Gasteiger partial charge in [0.1, 0.15) is 0 Å². The van der Waals surface area contributed by atoms with E-state index < -0.39 is 17.5 Å². The second-order valence-corrected chi connectivity index (χ2v) is 8.53. The van der Waals surface area contributed by atoms with Crippen molar-refractivity contribution in [1.82, 2.24) is 36.0 Å². The number of fused-ring (bicyclic) bond motifs is 1. The molecule has 1 aromatic carbocycles. The molecule has 182 valence electrons. The van der Waals surface area contributed by atoms with Crippen molar-refractivity contribution >= 4 is 28.4 Å². The van der Waals surface area contributed by atoms with Gasteiger partial charge in [-0.15, -0.1) is 15.7 Å². The molecular formula is C24H21FN8O3. The molecule has 2 aliphatic rings. The number of benzene rings is 1. The van der Waals surface area contributed by atoms with Crippen LogP contribution in [0.3, 0.4) is 0 Å². The maximum Gasteiger partial charge on any atom is 0.295 e. The number of pyridine rings is 1. The fourth-order valence-corrected chi connectivity index (χ4v) is 4.52. The molecule has 12 heteroatoms. The smallest absolute Gasteiger partial charge is 0.295 e. The van der Waals surface area contributed by atoms with E-state index in [1.807, 2.05) is 30.3 Å². The maximum absolute atomic E-state index is 14.7. The van der Waals surface area contributed by atoms with E-state index in [4.69, 9.17) is 4.42 Å². The number of nitrogens with zero attached hydrogens (tertiary/aromatic N) is 5. The van der Waals surface area contributed by atoms with Crippen LogP contribution in [0.1, 0.15) is 35.0 Å². The molecule has 0 aliphatic carbocycles. The lowest BCUT2D eigenvalue weighted by Crippen LogP contribution is -2.41. The Balaban J connectivity index is 1.16. The van der Waals surface area contributed by atoms with Crippen LogP contribution in [0.25, 0.3) is 22.4 Å². The topological polar surface area (TPSA) is 132 Å². The largest absolute Gasteiger partial charge is 0.420 e. The number of ketones is 1. The van der Waals surface area contributed by atoms with E-state index in [9.17, 15) is 14.0 Å². The molecule has 36 heavy (non-hydrogen) atoms. The van der Waals surface area contributed by atoms with Gasteiger partial charge < -0.3 is 19.7 Å². The number of rotatable bonds is 5. The third-order valence-electron chi connectivity index (χ3n) is 6.39. The monoisotopic (exact) mass is 488 g/mol. The van der Waals surface area contributed by atoms with Gasteiger partial charge in [-0.05, 0) is 25.0 Å². The van der Waals surface area contributed by atoms with Gasteiger partial charge in [-0.2, -0.15) is 0 Å². The summed E-state index contributed by atoms with van der Waals surface area (Å²) >= 11 is 0. The number of hydrogen-bond donors (Lipinski definition) is 3. The second-order valence-electron chi connectivity index (χ2n) is 8.53. The molecule has 4 aromatic rings. The number of piperidine rings is 1. The van der Waals surface area contributed by atoms with Crippen LogP contribution in [-0.2, 0) is 4.79 Å². The lowest BCUT2D eigenvalue weighted by Gasteiger charge is -2.29. The van der Waals surface area contributed by atoms with Gasteiger partial charge in [0.2, 0.25) is 11.8 Å². The Bertz CT molecular complexity index is 1470. The van der Waals surface area contributed by atoms with E-state index >= 15 is 0 Å². The number of anilines is 1. The first kappa shape index (κ1) is 21.9. The third-order valence-corrected chi connectivity index (χ3v) is 6.39. The zero-order valence-electron chi connectivity index (χ0n) is 18.9. The number of hydrazine groups is 2. The standard InChI is InChI=1S/C24H21FN8O3/c25-17-13-27-21(33-11-8-28-31-33)19-18(17)16(12-26-19)20(34)24(35)32-9-6-15(7-10-32)23-30-29-22(36-23)14-4-2-1-3-5-14/h1-5,8,11-13,15,26,28,31H,6-7,9-10H2. The van der Waals surface area contributed by atoms with Crippen molar-refractivity contribution in [3.8, 4) is 11.5 Å². The average Bonchev–Trinajstić information content (AvgIpc) is 3.70. The van der Waals surface area contributed by atoms with Crippen LogP contribution in [0.5, 0.6) is 0 Å². The number of Topliss-reactive ketones (excluding diaryl/α,β-unsaturated/α-hetero) is 1. The minimum Gasteiger partial charge on any atom is -0.420 e. The number of hydrogen-bond acceptors (Lipinski definition) is 9. The number of aromatic amines is 1. The highest BCUT2D eigenvalue weighted by atomic mass is 19.1. The predicted molar refractivity (Wildman–Crippen MR) is 127 cm³/mol. The SMILES string of the molecule is O=C(C(=O)N1CCC(c2nnc(-c3ccccc3)o2)CC1)c1c[nH]c2c(N3C=CNN3)ncc(F)c12. The summed E-state index contributed by atoms with van der Waals surface area (Å²) in [5.41, 5.74) is 6.70. The molecule has 6 rings (SSSR count). The summed E-state index contributed by atoms with van der Waals surface area (Å²) in [7, 11) is 0. The Labute approximate surface area is 203 Å². The molecule has 0 unspecified atom stereocenters. The van der Waals surface area contributed by atoms with Crippen LogP contribution in [0.15, 0.2) is 59.5 Å². The van der Waals surface area contributed by atoms with Gasteiger partial charge in [0, 0.05) is 43.2 Å². The fraction of sp³-hybridized carbons (Fsp3) is 0.208. The molecule has 0 bridgehead atoms. The van der Waals surface area contributed by atoms with E-state index in [0.717, 1.165) is 11.8 Å². The number of nitrogens with one attached hydrogen (secondary N) is 3. The normalized spacial score (nSPS) is 16.0. The number of likely N-dealkylation sites (tertiary alicyclic amines) is 1. The summed E-state index contributed by atoms with van der Waals surface area (Å²) < 4.78 is 20.6. The van der Waals surface area contributed by atoms with Gasteiger partial charge in [-0.1, -0.05) is 18.2 Å². The number of aromatic nitrogens is 4. The van der Waals surface area contributed by atoms with Crippen LogP contribution >= 0.6 is 0 Å². The fourth-order valence-electron chi connectivity index (χ4n) is 4.52. The Morgan fingerprint density at radius 1 is 1.11 bits per heavy atom. The van der Waals surface area contributed by atoms with E-state index in [1.165, 1.54) is 16.1 Å². The quantitative estimate of drug-likeness (QED) is 0.286. The van der Waals surface area contributed by atoms with Gasteiger partial charge >= 0.3 is 0 Å². The molecule has 3 aromatic heterocycles. The summed E-state index contributed by atoms with van der Waals surface area (Å²) in [6, 6.07) is 9.50. The number of halogens is 1. The molecule has 0 saturated carbocycles. The summed E-state index contributed by atoms with van der Waals surface area (Å²) in [6.45, 7) is 0.703. The predicted octanol–water partition coefficient (Wildman–Crippen LogP) is 2.64. The first-order valence-corrected chi connectivity index (χ1v) is 11.4. The number of carbonyl (C=O) groups is 2. The highest BCUT2D eigenvalue weighted by Crippen LogP contribution is 2.31. The molecule has 0 atom stereocenters. The van der Waals surface area contributed by atoms with Crippen LogP contribution in [0.2, 0.25) is 0 Å². The van der Waals surface area contributed by atoms with E-state index in [1.54, 1.807) is 12.4 Å². The van der Waals surface area contributed by atoms with Crippen LogP contribution in [0.4, 0.5) is 10.2 Å². The Morgan fingerprint density at radius 2 is 1.92 bits per heavy atom. The van der Waals surface area contributed by atoms with Crippen LogP contribution in [0, 0.1) is 5.82 Å². The van der Waals surface area contributed by atoms with E-state index in [-0.39, 0.29) is 16.9 Å². The minimum atomic E-state index is -0.775. The number of amides is 1. The molecule has 11 nitrogen and oxygen atoms in total. The van der Waals surface area contributed by atoms with Crippen molar-refractivity contribution in [2.45, 2.75) is 18.8 Å². The van der Waals surface area contributed by atoms with Gasteiger partial charge in [-0.3, -0.25) is 9.59 Å². The number of carbonyl (C=O) groups excluding carboxylic acids is 2. The van der Waals surface area contributed by atoms with Crippen LogP contribution in [-0.4, -0.2) is 49.8 Å². The van der Waals surface area contributed by atoms with Crippen molar-refractivity contribution in [2.24, 2.45) is 0 Å². The lowest BCUT2D eigenvalue weighted by molar-refractivity contribution is -0.127. The summed E-state index contributed by atoms with van der Waals surface area (Å²) in [5.74, 6) is -0.828. The summed E-state index contributed by atoms with van der Waals surface area (Å²) in [4.78, 5) is 34.6. The van der Waals surface area contributed by atoms with Crippen LogP contribution < -0.4 is 16.0 Å². The average molecular weight is 488 g/mol. The Kier molecular flexibility index (Phi) is 5.41. The van der Waals surface area contributed by atoms with Gasteiger partial charge in [0.25, 0.3) is 11.7 Å². The first-order chi connectivity index (χ1) is 17.6. The molecular weight excluding hydrogens is 467 g/mol.